The Morgan fingerprint density at radius 1 is 1.06 bits per heavy atom. The van der Waals surface area contributed by atoms with Crippen molar-refractivity contribution in [1.82, 2.24) is 0 Å². The normalized spacial score (nSPS) is 10.2. The zero-order valence-electron chi connectivity index (χ0n) is 8.71. The lowest BCUT2D eigenvalue weighted by Gasteiger charge is -2.07. The molecule has 0 aliphatic heterocycles. The van der Waals surface area contributed by atoms with Crippen LogP contribution in [0.5, 0.6) is 11.5 Å². The van der Waals surface area contributed by atoms with Gasteiger partial charge in [0.25, 0.3) is 0 Å². The van der Waals surface area contributed by atoms with Crippen molar-refractivity contribution in [2.24, 2.45) is 0 Å². The molecule has 0 amide bonds. The predicted octanol–water partition coefficient (Wildman–Crippen LogP) is 4.69. The van der Waals surface area contributed by atoms with Gasteiger partial charge in [0.2, 0.25) is 0 Å². The Kier molecular flexibility index (Phi) is 3.25. The molecule has 0 spiro atoms. The minimum atomic E-state index is -0.314. The van der Waals surface area contributed by atoms with Gasteiger partial charge < -0.3 is 4.74 Å². The van der Waals surface area contributed by atoms with Gasteiger partial charge >= 0.3 is 0 Å². The number of hydrogen-bond donors (Lipinski definition) is 0. The topological polar surface area (TPSA) is 9.23 Å². The van der Waals surface area contributed by atoms with Crippen LogP contribution in [0.3, 0.4) is 0 Å². The number of rotatable bonds is 2. The van der Waals surface area contributed by atoms with Crippen molar-refractivity contribution < 1.29 is 9.13 Å². The van der Waals surface area contributed by atoms with Gasteiger partial charge in [-0.2, -0.15) is 0 Å². The number of halogens is 2. The maximum atomic E-state index is 13.6. The molecule has 0 radical (unpaired) electrons. The lowest BCUT2D eigenvalue weighted by atomic mass is 10.2. The number of benzene rings is 2. The van der Waals surface area contributed by atoms with Crippen LogP contribution in [0.25, 0.3) is 0 Å². The van der Waals surface area contributed by atoms with Crippen LogP contribution in [-0.4, -0.2) is 0 Å². The monoisotopic (exact) mass is 280 g/mol. The van der Waals surface area contributed by atoms with E-state index in [-0.39, 0.29) is 11.6 Å². The zero-order valence-corrected chi connectivity index (χ0v) is 10.3. The molecule has 2 rings (SSSR count). The van der Waals surface area contributed by atoms with Crippen molar-refractivity contribution in [3.63, 3.8) is 0 Å². The lowest BCUT2D eigenvalue weighted by Crippen LogP contribution is -1.90. The molecule has 3 heteroatoms. The molecule has 0 atom stereocenters. The summed E-state index contributed by atoms with van der Waals surface area (Å²) in [5, 5.41) is 0. The van der Waals surface area contributed by atoms with Crippen molar-refractivity contribution in [1.29, 1.82) is 0 Å². The van der Waals surface area contributed by atoms with E-state index in [9.17, 15) is 4.39 Å². The molecule has 0 aromatic heterocycles. The molecule has 0 bridgehead atoms. The predicted molar refractivity (Wildman–Crippen MR) is 65.4 cm³/mol. The summed E-state index contributed by atoms with van der Waals surface area (Å²) in [5.41, 5.74) is 0.578. The van der Waals surface area contributed by atoms with Crippen molar-refractivity contribution in [3.05, 3.63) is 58.3 Å². The van der Waals surface area contributed by atoms with Crippen molar-refractivity contribution >= 4 is 15.9 Å². The van der Waals surface area contributed by atoms with Crippen molar-refractivity contribution in [2.75, 3.05) is 0 Å². The second-order valence-corrected chi connectivity index (χ2v) is 4.36. The van der Waals surface area contributed by atoms with Gasteiger partial charge in [-0.1, -0.05) is 28.1 Å². The third kappa shape index (κ3) is 2.42. The van der Waals surface area contributed by atoms with Crippen LogP contribution in [0.15, 0.2) is 46.9 Å². The maximum absolute atomic E-state index is 13.6. The Hall–Kier alpha value is -1.35. The van der Waals surface area contributed by atoms with E-state index in [0.29, 0.717) is 11.3 Å². The average Bonchev–Trinajstić information content (AvgIpc) is 2.28. The van der Waals surface area contributed by atoms with E-state index < -0.39 is 0 Å². The molecule has 1 nitrogen and oxygen atoms in total. The Morgan fingerprint density at radius 2 is 1.75 bits per heavy atom. The highest BCUT2D eigenvalue weighted by atomic mass is 79.9. The fraction of sp³-hybridized carbons (Fsp3) is 0.0769. The van der Waals surface area contributed by atoms with E-state index in [0.717, 1.165) is 4.47 Å². The molecule has 0 saturated carbocycles. The summed E-state index contributed by atoms with van der Waals surface area (Å²) < 4.78 is 20.0. The Morgan fingerprint density at radius 3 is 2.44 bits per heavy atom. The first kappa shape index (κ1) is 11.1. The van der Waals surface area contributed by atoms with Gasteiger partial charge in [0.15, 0.2) is 11.6 Å². The first-order valence-corrected chi connectivity index (χ1v) is 5.64. The summed E-state index contributed by atoms with van der Waals surface area (Å²) in [6.45, 7) is 1.71. The molecular weight excluding hydrogens is 271 g/mol. The van der Waals surface area contributed by atoms with Gasteiger partial charge in [-0.05, 0) is 42.8 Å². The van der Waals surface area contributed by atoms with Crippen LogP contribution in [0.1, 0.15) is 5.56 Å². The van der Waals surface area contributed by atoms with Gasteiger partial charge in [0.05, 0.1) is 0 Å². The zero-order chi connectivity index (χ0) is 11.5. The highest BCUT2D eigenvalue weighted by Gasteiger charge is 2.06. The largest absolute Gasteiger partial charge is 0.454 e. The summed E-state index contributed by atoms with van der Waals surface area (Å²) in [6.07, 6.45) is 0. The standard InChI is InChI=1S/C13H10BrFO/c1-9-3-2-4-12(13(9)15)16-11-7-5-10(14)6-8-11/h2-8H,1H3. The van der Waals surface area contributed by atoms with Crippen molar-refractivity contribution in [3.8, 4) is 11.5 Å². The van der Waals surface area contributed by atoms with Gasteiger partial charge in [-0.25, -0.2) is 4.39 Å². The number of hydrogen-bond acceptors (Lipinski definition) is 1. The van der Waals surface area contributed by atoms with E-state index in [4.69, 9.17) is 4.74 Å². The first-order valence-electron chi connectivity index (χ1n) is 4.85. The van der Waals surface area contributed by atoms with Crippen LogP contribution >= 0.6 is 15.9 Å². The van der Waals surface area contributed by atoms with E-state index in [2.05, 4.69) is 15.9 Å². The Labute approximate surface area is 102 Å². The van der Waals surface area contributed by atoms with Gasteiger partial charge in [-0.15, -0.1) is 0 Å². The fourth-order valence-corrected chi connectivity index (χ4v) is 1.59. The van der Waals surface area contributed by atoms with E-state index in [1.54, 1.807) is 37.3 Å². The van der Waals surface area contributed by atoms with E-state index in [1.807, 2.05) is 12.1 Å². The summed E-state index contributed by atoms with van der Waals surface area (Å²) in [6, 6.07) is 12.4. The van der Waals surface area contributed by atoms with Crippen molar-refractivity contribution in [2.45, 2.75) is 6.92 Å². The Bertz CT molecular complexity index is 494. The molecule has 0 aliphatic rings. The van der Waals surface area contributed by atoms with Crippen LogP contribution in [0.4, 0.5) is 4.39 Å². The molecule has 2 aromatic rings. The molecule has 0 aliphatic carbocycles. The highest BCUT2D eigenvalue weighted by molar-refractivity contribution is 9.10. The molecule has 0 unspecified atom stereocenters. The minimum absolute atomic E-state index is 0.252. The summed E-state index contributed by atoms with van der Waals surface area (Å²) in [4.78, 5) is 0. The molecular formula is C13H10BrFO. The highest BCUT2D eigenvalue weighted by Crippen LogP contribution is 2.26. The minimum Gasteiger partial charge on any atom is -0.454 e. The number of ether oxygens (including phenoxy) is 1. The second-order valence-electron chi connectivity index (χ2n) is 3.44. The molecule has 0 heterocycles. The average molecular weight is 281 g/mol. The summed E-state index contributed by atoms with van der Waals surface area (Å²) in [7, 11) is 0. The third-order valence-electron chi connectivity index (χ3n) is 2.20. The van der Waals surface area contributed by atoms with E-state index >= 15 is 0 Å². The molecule has 0 fully saturated rings. The van der Waals surface area contributed by atoms with Crippen LogP contribution < -0.4 is 4.74 Å². The molecule has 0 saturated heterocycles. The van der Waals surface area contributed by atoms with Gasteiger partial charge in [0.1, 0.15) is 5.75 Å². The Balaban J connectivity index is 2.27. The third-order valence-corrected chi connectivity index (χ3v) is 2.73. The first-order chi connectivity index (χ1) is 7.66. The smallest absolute Gasteiger partial charge is 0.168 e. The second kappa shape index (κ2) is 4.66. The van der Waals surface area contributed by atoms with Crippen LogP contribution in [-0.2, 0) is 0 Å². The van der Waals surface area contributed by atoms with Gasteiger partial charge in [0, 0.05) is 4.47 Å². The van der Waals surface area contributed by atoms with Gasteiger partial charge in [-0.3, -0.25) is 0 Å². The summed E-state index contributed by atoms with van der Waals surface area (Å²) in [5.74, 6) is 0.556. The van der Waals surface area contributed by atoms with E-state index in [1.165, 1.54) is 0 Å². The molecule has 2 aromatic carbocycles. The molecule has 0 N–H and O–H groups in total. The fourth-order valence-electron chi connectivity index (χ4n) is 1.33. The van der Waals surface area contributed by atoms with Crippen LogP contribution in [0, 0.1) is 12.7 Å². The molecule has 82 valence electrons. The SMILES string of the molecule is Cc1cccc(Oc2ccc(Br)cc2)c1F. The number of aryl methyl sites for hydroxylation is 1. The molecule has 16 heavy (non-hydrogen) atoms. The van der Waals surface area contributed by atoms with Crippen LogP contribution in [0.2, 0.25) is 0 Å². The maximum Gasteiger partial charge on any atom is 0.168 e. The lowest BCUT2D eigenvalue weighted by molar-refractivity contribution is 0.440. The quantitative estimate of drug-likeness (QED) is 0.776. The summed E-state index contributed by atoms with van der Waals surface area (Å²) >= 11 is 3.33.